The van der Waals surface area contributed by atoms with Crippen molar-refractivity contribution in [3.05, 3.63) is 0 Å². The zero-order chi connectivity index (χ0) is 13.7. The number of aliphatic hydroxyl groups is 1. The number of rotatable bonds is 6. The Balaban J connectivity index is 1.92. The monoisotopic (exact) mass is 270 g/mol. The molecule has 2 aliphatic rings. The standard InChI is InChI=1S/C15H30N2O2/c1-3-16-11-15(6-4-5-7-15)12-17-8-13(2)19-14(9-17)10-18/h13-14,16,18H,3-12H2,1-2H3. The maximum Gasteiger partial charge on any atom is 0.0936 e. The molecule has 0 aromatic rings. The number of hydrogen-bond acceptors (Lipinski definition) is 4. The van der Waals surface area contributed by atoms with Gasteiger partial charge in [-0.15, -0.1) is 0 Å². The molecule has 2 rings (SSSR count). The third-order valence-corrected chi connectivity index (χ3v) is 4.58. The van der Waals surface area contributed by atoms with Gasteiger partial charge in [-0.3, -0.25) is 4.90 Å². The van der Waals surface area contributed by atoms with Crippen molar-refractivity contribution in [1.29, 1.82) is 0 Å². The van der Waals surface area contributed by atoms with Crippen LogP contribution in [0.2, 0.25) is 0 Å². The molecule has 0 bridgehead atoms. The van der Waals surface area contributed by atoms with Crippen LogP contribution in [0.25, 0.3) is 0 Å². The van der Waals surface area contributed by atoms with Crippen LogP contribution in [0.15, 0.2) is 0 Å². The first kappa shape index (κ1) is 15.2. The highest BCUT2D eigenvalue weighted by Gasteiger charge is 2.37. The highest BCUT2D eigenvalue weighted by atomic mass is 16.5. The van der Waals surface area contributed by atoms with Gasteiger partial charge in [-0.1, -0.05) is 19.8 Å². The molecular formula is C15H30N2O2. The van der Waals surface area contributed by atoms with Crippen molar-refractivity contribution in [3.8, 4) is 0 Å². The molecule has 0 amide bonds. The fourth-order valence-electron chi connectivity index (χ4n) is 3.75. The van der Waals surface area contributed by atoms with Gasteiger partial charge in [-0.05, 0) is 31.7 Å². The predicted molar refractivity (Wildman–Crippen MR) is 77.3 cm³/mol. The van der Waals surface area contributed by atoms with E-state index in [1.165, 1.54) is 25.7 Å². The molecule has 1 aliphatic carbocycles. The molecule has 0 aromatic heterocycles. The molecule has 2 fully saturated rings. The quantitative estimate of drug-likeness (QED) is 0.762. The van der Waals surface area contributed by atoms with Gasteiger partial charge in [0.05, 0.1) is 18.8 Å². The topological polar surface area (TPSA) is 44.7 Å². The third kappa shape index (κ3) is 4.15. The van der Waals surface area contributed by atoms with Gasteiger partial charge in [0.15, 0.2) is 0 Å². The fraction of sp³-hybridized carbons (Fsp3) is 1.00. The minimum absolute atomic E-state index is 0.00124. The summed E-state index contributed by atoms with van der Waals surface area (Å²) in [6, 6.07) is 0. The fourth-order valence-corrected chi connectivity index (χ4v) is 3.75. The van der Waals surface area contributed by atoms with E-state index in [4.69, 9.17) is 4.74 Å². The van der Waals surface area contributed by atoms with Gasteiger partial charge in [0.1, 0.15) is 0 Å². The molecule has 2 N–H and O–H groups in total. The van der Waals surface area contributed by atoms with E-state index >= 15 is 0 Å². The van der Waals surface area contributed by atoms with Crippen molar-refractivity contribution in [2.45, 2.75) is 51.7 Å². The second-order valence-electron chi connectivity index (χ2n) is 6.43. The van der Waals surface area contributed by atoms with Crippen molar-refractivity contribution in [2.24, 2.45) is 5.41 Å². The lowest BCUT2D eigenvalue weighted by atomic mass is 9.85. The molecule has 19 heavy (non-hydrogen) atoms. The molecule has 0 spiro atoms. The summed E-state index contributed by atoms with van der Waals surface area (Å²) in [5.41, 5.74) is 0.451. The lowest BCUT2D eigenvalue weighted by molar-refractivity contribution is -0.102. The van der Waals surface area contributed by atoms with Crippen molar-refractivity contribution in [2.75, 3.05) is 39.3 Å². The van der Waals surface area contributed by atoms with Crippen LogP contribution in [0.1, 0.15) is 39.5 Å². The molecule has 1 saturated carbocycles. The van der Waals surface area contributed by atoms with E-state index in [0.717, 1.165) is 32.7 Å². The maximum atomic E-state index is 9.33. The van der Waals surface area contributed by atoms with Crippen LogP contribution in [0.4, 0.5) is 0 Å². The normalized spacial score (nSPS) is 31.7. The molecule has 1 heterocycles. The lowest BCUT2D eigenvalue weighted by Crippen LogP contribution is -2.52. The summed E-state index contributed by atoms with van der Waals surface area (Å²) >= 11 is 0. The Bertz CT molecular complexity index is 267. The Labute approximate surface area is 117 Å². The van der Waals surface area contributed by atoms with Crippen molar-refractivity contribution in [3.63, 3.8) is 0 Å². The van der Waals surface area contributed by atoms with Gasteiger partial charge < -0.3 is 15.2 Å². The largest absolute Gasteiger partial charge is 0.394 e. The summed E-state index contributed by atoms with van der Waals surface area (Å²) in [6.07, 6.45) is 5.67. The van der Waals surface area contributed by atoms with E-state index in [0.29, 0.717) is 5.41 Å². The second-order valence-corrected chi connectivity index (χ2v) is 6.43. The van der Waals surface area contributed by atoms with Crippen molar-refractivity contribution >= 4 is 0 Å². The minimum atomic E-state index is 0.00124. The van der Waals surface area contributed by atoms with Gasteiger partial charge in [-0.25, -0.2) is 0 Å². The van der Waals surface area contributed by atoms with Crippen LogP contribution >= 0.6 is 0 Å². The SMILES string of the molecule is CCNCC1(CN2CC(C)OC(CO)C2)CCCC1. The van der Waals surface area contributed by atoms with Gasteiger partial charge in [0.25, 0.3) is 0 Å². The zero-order valence-electron chi connectivity index (χ0n) is 12.5. The summed E-state index contributed by atoms with van der Waals surface area (Å²) in [4.78, 5) is 2.51. The van der Waals surface area contributed by atoms with Crippen molar-refractivity contribution < 1.29 is 9.84 Å². The average molecular weight is 270 g/mol. The Hall–Kier alpha value is -0.160. The molecule has 1 aliphatic heterocycles. The first-order valence-electron chi connectivity index (χ1n) is 7.87. The third-order valence-electron chi connectivity index (χ3n) is 4.58. The second kappa shape index (κ2) is 7.02. The molecule has 4 nitrogen and oxygen atoms in total. The number of hydrogen-bond donors (Lipinski definition) is 2. The summed E-state index contributed by atoms with van der Waals surface area (Å²) < 4.78 is 5.74. The molecule has 1 saturated heterocycles. The van der Waals surface area contributed by atoms with Crippen LogP contribution in [-0.2, 0) is 4.74 Å². The maximum absolute atomic E-state index is 9.33. The molecular weight excluding hydrogens is 240 g/mol. The lowest BCUT2D eigenvalue weighted by Gasteiger charge is -2.41. The van der Waals surface area contributed by atoms with E-state index in [9.17, 15) is 5.11 Å². The Morgan fingerprint density at radius 1 is 1.32 bits per heavy atom. The molecule has 2 atom stereocenters. The number of ether oxygens (including phenoxy) is 1. The van der Waals surface area contributed by atoms with Crippen LogP contribution in [0.5, 0.6) is 0 Å². The highest BCUT2D eigenvalue weighted by molar-refractivity contribution is 4.91. The van der Waals surface area contributed by atoms with E-state index < -0.39 is 0 Å². The van der Waals surface area contributed by atoms with Crippen LogP contribution in [0, 0.1) is 5.41 Å². The average Bonchev–Trinajstić information content (AvgIpc) is 2.84. The van der Waals surface area contributed by atoms with Gasteiger partial charge in [-0.2, -0.15) is 0 Å². The number of nitrogens with one attached hydrogen (secondary N) is 1. The summed E-state index contributed by atoms with van der Waals surface area (Å²) in [5.74, 6) is 0. The Kier molecular flexibility index (Phi) is 5.63. The summed E-state index contributed by atoms with van der Waals surface area (Å²) in [7, 11) is 0. The Morgan fingerprint density at radius 2 is 2.05 bits per heavy atom. The first-order chi connectivity index (χ1) is 9.17. The van der Waals surface area contributed by atoms with Crippen LogP contribution in [-0.4, -0.2) is 61.5 Å². The van der Waals surface area contributed by atoms with E-state index in [1.807, 2.05) is 0 Å². The van der Waals surface area contributed by atoms with Gasteiger partial charge >= 0.3 is 0 Å². The van der Waals surface area contributed by atoms with E-state index in [-0.39, 0.29) is 18.8 Å². The Morgan fingerprint density at radius 3 is 2.68 bits per heavy atom. The molecule has 0 radical (unpaired) electrons. The smallest absolute Gasteiger partial charge is 0.0936 e. The number of morpholine rings is 1. The van der Waals surface area contributed by atoms with Crippen molar-refractivity contribution in [1.82, 2.24) is 10.2 Å². The van der Waals surface area contributed by atoms with Gasteiger partial charge in [0, 0.05) is 26.2 Å². The summed E-state index contributed by atoms with van der Waals surface area (Å²) in [5, 5.41) is 12.9. The van der Waals surface area contributed by atoms with E-state index in [2.05, 4.69) is 24.1 Å². The molecule has 112 valence electrons. The molecule has 4 heteroatoms. The number of nitrogens with zero attached hydrogens (tertiary/aromatic N) is 1. The first-order valence-corrected chi connectivity index (χ1v) is 7.87. The van der Waals surface area contributed by atoms with E-state index in [1.54, 1.807) is 0 Å². The highest BCUT2D eigenvalue weighted by Crippen LogP contribution is 2.38. The predicted octanol–water partition coefficient (Wildman–Crippen LogP) is 1.24. The summed E-state index contributed by atoms with van der Waals surface area (Å²) in [6.45, 7) is 9.67. The van der Waals surface area contributed by atoms with Gasteiger partial charge in [0.2, 0.25) is 0 Å². The van der Waals surface area contributed by atoms with Crippen LogP contribution in [0.3, 0.4) is 0 Å². The number of aliphatic hydroxyl groups excluding tert-OH is 1. The molecule has 2 unspecified atom stereocenters. The minimum Gasteiger partial charge on any atom is -0.394 e. The molecule has 0 aromatic carbocycles. The van der Waals surface area contributed by atoms with Crippen LogP contribution < -0.4 is 5.32 Å². The zero-order valence-corrected chi connectivity index (χ0v) is 12.5.